The molecule has 1 aliphatic heterocycles. The van der Waals surface area contributed by atoms with E-state index >= 15 is 0 Å². The van der Waals surface area contributed by atoms with Crippen molar-refractivity contribution < 1.29 is 13.9 Å². The summed E-state index contributed by atoms with van der Waals surface area (Å²) < 4.78 is 20.0. The molecule has 2 aromatic carbocycles. The SMILES string of the molecule is O=C(Nc1ccccc1F)C1=Cc2cc(Br)ccc2OC1. The molecule has 0 unspecified atom stereocenters. The Bertz CT molecular complexity index is 743. The van der Waals surface area contributed by atoms with E-state index < -0.39 is 5.82 Å². The number of halogens is 2. The predicted octanol–water partition coefficient (Wildman–Crippen LogP) is 4.00. The molecule has 3 rings (SSSR count). The van der Waals surface area contributed by atoms with Gasteiger partial charge >= 0.3 is 0 Å². The zero-order chi connectivity index (χ0) is 14.8. The molecular formula is C16H11BrFNO2. The fourth-order valence-corrected chi connectivity index (χ4v) is 2.42. The lowest BCUT2D eigenvalue weighted by Gasteiger charge is -2.18. The van der Waals surface area contributed by atoms with Crippen molar-refractivity contribution in [1.29, 1.82) is 0 Å². The molecule has 0 saturated carbocycles. The molecule has 1 N–H and O–H groups in total. The van der Waals surface area contributed by atoms with Crippen LogP contribution in [0.4, 0.5) is 10.1 Å². The van der Waals surface area contributed by atoms with E-state index in [0.29, 0.717) is 5.57 Å². The van der Waals surface area contributed by atoms with E-state index in [1.807, 2.05) is 18.2 Å². The highest BCUT2D eigenvalue weighted by Gasteiger charge is 2.18. The van der Waals surface area contributed by atoms with Crippen LogP contribution in [0.3, 0.4) is 0 Å². The van der Waals surface area contributed by atoms with E-state index in [-0.39, 0.29) is 18.2 Å². The second-order valence-electron chi connectivity index (χ2n) is 4.57. The molecule has 3 nitrogen and oxygen atoms in total. The van der Waals surface area contributed by atoms with Crippen LogP contribution in [0.2, 0.25) is 0 Å². The summed E-state index contributed by atoms with van der Waals surface area (Å²) in [5, 5.41) is 2.55. The average Bonchev–Trinajstić information content (AvgIpc) is 2.48. The molecule has 0 saturated heterocycles. The second kappa shape index (κ2) is 5.69. The van der Waals surface area contributed by atoms with Gasteiger partial charge in [0.1, 0.15) is 18.2 Å². The number of hydrogen-bond donors (Lipinski definition) is 1. The number of carbonyl (C=O) groups is 1. The summed E-state index contributed by atoms with van der Waals surface area (Å²) in [6.07, 6.45) is 1.75. The highest BCUT2D eigenvalue weighted by molar-refractivity contribution is 9.10. The topological polar surface area (TPSA) is 38.3 Å². The summed E-state index contributed by atoms with van der Waals surface area (Å²) >= 11 is 3.38. The summed E-state index contributed by atoms with van der Waals surface area (Å²) in [6, 6.07) is 11.6. The Balaban J connectivity index is 1.84. The first-order valence-corrected chi connectivity index (χ1v) is 7.11. The molecule has 0 fully saturated rings. The van der Waals surface area contributed by atoms with Crippen LogP contribution in [0.15, 0.2) is 52.5 Å². The minimum absolute atomic E-state index is 0.156. The largest absolute Gasteiger partial charge is 0.488 e. The van der Waals surface area contributed by atoms with Crippen LogP contribution in [-0.2, 0) is 4.79 Å². The van der Waals surface area contributed by atoms with Crippen molar-refractivity contribution >= 4 is 33.6 Å². The minimum atomic E-state index is -0.466. The van der Waals surface area contributed by atoms with Gasteiger partial charge < -0.3 is 10.1 Å². The Kier molecular flexibility index (Phi) is 3.75. The Morgan fingerprint density at radius 2 is 2.05 bits per heavy atom. The number of hydrogen-bond acceptors (Lipinski definition) is 2. The van der Waals surface area contributed by atoms with Gasteiger partial charge in [-0.15, -0.1) is 0 Å². The maximum Gasteiger partial charge on any atom is 0.255 e. The number of rotatable bonds is 2. The highest BCUT2D eigenvalue weighted by atomic mass is 79.9. The number of amides is 1. The molecule has 1 aliphatic rings. The van der Waals surface area contributed by atoms with Crippen LogP contribution >= 0.6 is 15.9 Å². The lowest BCUT2D eigenvalue weighted by molar-refractivity contribution is -0.113. The first kappa shape index (κ1) is 13.8. The van der Waals surface area contributed by atoms with Crippen molar-refractivity contribution in [1.82, 2.24) is 0 Å². The third-order valence-corrected chi connectivity index (χ3v) is 3.59. The zero-order valence-electron chi connectivity index (χ0n) is 10.9. The number of para-hydroxylation sites is 1. The Hall–Kier alpha value is -2.14. The molecule has 0 spiro atoms. The van der Waals surface area contributed by atoms with E-state index in [0.717, 1.165) is 15.8 Å². The number of benzene rings is 2. The monoisotopic (exact) mass is 347 g/mol. The summed E-state index contributed by atoms with van der Waals surface area (Å²) in [5.41, 5.74) is 1.42. The first-order valence-electron chi connectivity index (χ1n) is 6.32. The molecule has 0 aliphatic carbocycles. The van der Waals surface area contributed by atoms with Crippen molar-refractivity contribution in [2.24, 2.45) is 0 Å². The van der Waals surface area contributed by atoms with Gasteiger partial charge in [0.2, 0.25) is 0 Å². The fraction of sp³-hybridized carbons (Fsp3) is 0.0625. The molecule has 0 radical (unpaired) electrons. The molecule has 21 heavy (non-hydrogen) atoms. The number of anilines is 1. The normalized spacial score (nSPS) is 13.0. The molecule has 1 amide bonds. The quantitative estimate of drug-likeness (QED) is 0.891. The van der Waals surface area contributed by atoms with Gasteiger partial charge in [-0.1, -0.05) is 28.1 Å². The number of carbonyl (C=O) groups excluding carboxylic acids is 1. The fourth-order valence-electron chi connectivity index (χ4n) is 2.04. The maximum atomic E-state index is 13.5. The van der Waals surface area contributed by atoms with Gasteiger partial charge in [-0.2, -0.15) is 0 Å². The van der Waals surface area contributed by atoms with Crippen molar-refractivity contribution in [3.05, 3.63) is 63.9 Å². The van der Waals surface area contributed by atoms with Gasteiger partial charge in [-0.25, -0.2) is 4.39 Å². The van der Waals surface area contributed by atoms with Crippen LogP contribution in [-0.4, -0.2) is 12.5 Å². The molecule has 5 heteroatoms. The average molecular weight is 348 g/mol. The molecule has 106 valence electrons. The van der Waals surface area contributed by atoms with Crippen molar-refractivity contribution in [2.75, 3.05) is 11.9 Å². The standard InChI is InChI=1S/C16H11BrFNO2/c17-12-5-6-15-10(8-12)7-11(9-21-15)16(20)19-14-4-2-1-3-13(14)18/h1-8H,9H2,(H,19,20). The van der Waals surface area contributed by atoms with E-state index in [1.54, 1.807) is 18.2 Å². The minimum Gasteiger partial charge on any atom is -0.488 e. The molecule has 0 bridgehead atoms. The highest BCUT2D eigenvalue weighted by Crippen LogP contribution is 2.29. The van der Waals surface area contributed by atoms with E-state index in [1.165, 1.54) is 12.1 Å². The van der Waals surface area contributed by atoms with Gasteiger partial charge in [-0.05, 0) is 36.4 Å². The summed E-state index contributed by atoms with van der Waals surface area (Å²) in [6.45, 7) is 0.162. The molecule has 2 aromatic rings. The Morgan fingerprint density at radius 3 is 2.86 bits per heavy atom. The van der Waals surface area contributed by atoms with Gasteiger partial charge in [0.15, 0.2) is 0 Å². The molecule has 0 atom stereocenters. The number of fused-ring (bicyclic) bond motifs is 1. The van der Waals surface area contributed by atoms with Crippen LogP contribution in [0, 0.1) is 5.82 Å². The third kappa shape index (κ3) is 2.97. The smallest absolute Gasteiger partial charge is 0.255 e. The Morgan fingerprint density at radius 1 is 1.24 bits per heavy atom. The van der Waals surface area contributed by atoms with Gasteiger partial charge in [0, 0.05) is 10.0 Å². The maximum absolute atomic E-state index is 13.5. The molecule has 1 heterocycles. The number of ether oxygens (including phenoxy) is 1. The summed E-state index contributed by atoms with van der Waals surface area (Å²) in [4.78, 5) is 12.2. The van der Waals surface area contributed by atoms with E-state index in [2.05, 4.69) is 21.2 Å². The lowest BCUT2D eigenvalue weighted by Crippen LogP contribution is -2.21. The summed E-state index contributed by atoms with van der Waals surface area (Å²) in [7, 11) is 0. The van der Waals surface area contributed by atoms with E-state index in [4.69, 9.17) is 4.74 Å². The third-order valence-electron chi connectivity index (χ3n) is 3.10. The molecule has 0 aromatic heterocycles. The van der Waals surface area contributed by atoms with Crippen molar-refractivity contribution in [3.8, 4) is 5.75 Å². The second-order valence-corrected chi connectivity index (χ2v) is 5.49. The first-order chi connectivity index (χ1) is 10.1. The van der Waals surface area contributed by atoms with Gasteiger partial charge in [0.05, 0.1) is 11.3 Å². The Labute approximate surface area is 129 Å². The predicted molar refractivity (Wildman–Crippen MR) is 82.6 cm³/mol. The molecular weight excluding hydrogens is 337 g/mol. The van der Waals surface area contributed by atoms with Gasteiger partial charge in [0.25, 0.3) is 5.91 Å². The van der Waals surface area contributed by atoms with Crippen LogP contribution < -0.4 is 10.1 Å². The van der Waals surface area contributed by atoms with Crippen molar-refractivity contribution in [3.63, 3.8) is 0 Å². The zero-order valence-corrected chi connectivity index (χ0v) is 12.5. The number of nitrogens with one attached hydrogen (secondary N) is 1. The van der Waals surface area contributed by atoms with Crippen LogP contribution in [0.1, 0.15) is 5.56 Å². The summed E-state index contributed by atoms with van der Waals surface area (Å²) in [5.74, 6) is -0.113. The lowest BCUT2D eigenvalue weighted by atomic mass is 10.1. The van der Waals surface area contributed by atoms with Crippen LogP contribution in [0.5, 0.6) is 5.75 Å². The van der Waals surface area contributed by atoms with Crippen LogP contribution in [0.25, 0.3) is 6.08 Å². The van der Waals surface area contributed by atoms with E-state index in [9.17, 15) is 9.18 Å². The van der Waals surface area contributed by atoms with Gasteiger partial charge in [-0.3, -0.25) is 4.79 Å². The van der Waals surface area contributed by atoms with Crippen molar-refractivity contribution in [2.45, 2.75) is 0 Å².